The Morgan fingerprint density at radius 1 is 1.33 bits per heavy atom. The molecule has 0 unspecified atom stereocenters. The van der Waals surface area contributed by atoms with E-state index in [1.807, 2.05) is 12.1 Å². The molecule has 1 heterocycles. The Balaban J connectivity index is 2.40. The molecule has 2 rings (SSSR count). The molecule has 1 saturated heterocycles. The average Bonchev–Trinajstić information content (AvgIpc) is 2.70. The van der Waals surface area contributed by atoms with Gasteiger partial charge in [0, 0.05) is 23.2 Å². The van der Waals surface area contributed by atoms with E-state index in [2.05, 4.69) is 20.8 Å². The number of anilines is 1. The summed E-state index contributed by atoms with van der Waals surface area (Å²) in [6.07, 6.45) is 2.38. The lowest BCUT2D eigenvalue weighted by atomic mass is 10.1. The van der Waals surface area contributed by atoms with Crippen molar-refractivity contribution in [2.24, 2.45) is 5.73 Å². The fraction of sp³-hybridized carbons (Fsp3) is 0.364. The van der Waals surface area contributed by atoms with Crippen LogP contribution in [0.15, 0.2) is 22.7 Å². The fourth-order valence-corrected chi connectivity index (χ4v) is 2.30. The maximum atomic E-state index is 11.3. The number of primary amides is 1. The summed E-state index contributed by atoms with van der Waals surface area (Å²) in [6.45, 7) is 2.03. The molecule has 1 aliphatic rings. The van der Waals surface area contributed by atoms with Crippen LogP contribution in [0.3, 0.4) is 0 Å². The van der Waals surface area contributed by atoms with Crippen molar-refractivity contribution in [2.75, 3.05) is 18.0 Å². The van der Waals surface area contributed by atoms with Gasteiger partial charge >= 0.3 is 0 Å². The van der Waals surface area contributed by atoms with E-state index in [0.29, 0.717) is 5.56 Å². The second-order valence-electron chi connectivity index (χ2n) is 3.72. The van der Waals surface area contributed by atoms with Crippen LogP contribution in [0.2, 0.25) is 0 Å². The third-order valence-corrected chi connectivity index (χ3v) is 3.16. The van der Waals surface area contributed by atoms with Crippen molar-refractivity contribution in [1.82, 2.24) is 0 Å². The minimum Gasteiger partial charge on any atom is -0.371 e. The third-order valence-electron chi connectivity index (χ3n) is 2.67. The Kier molecular flexibility index (Phi) is 2.95. The van der Waals surface area contributed by atoms with Crippen LogP contribution in [0, 0.1) is 0 Å². The molecule has 0 aromatic heterocycles. The molecule has 0 aliphatic carbocycles. The van der Waals surface area contributed by atoms with Crippen LogP contribution in [-0.4, -0.2) is 19.0 Å². The lowest BCUT2D eigenvalue weighted by Gasteiger charge is -2.20. The molecule has 3 nitrogen and oxygen atoms in total. The largest absolute Gasteiger partial charge is 0.371 e. The first-order valence-corrected chi connectivity index (χ1v) is 5.82. The van der Waals surface area contributed by atoms with Gasteiger partial charge in [0.15, 0.2) is 0 Å². The molecule has 4 heteroatoms. The van der Waals surface area contributed by atoms with Crippen molar-refractivity contribution in [3.8, 4) is 0 Å². The van der Waals surface area contributed by atoms with Gasteiger partial charge in [-0.15, -0.1) is 0 Å². The first kappa shape index (κ1) is 10.5. The van der Waals surface area contributed by atoms with E-state index >= 15 is 0 Å². The number of hydrogen-bond donors (Lipinski definition) is 1. The molecule has 1 fully saturated rings. The van der Waals surface area contributed by atoms with Crippen LogP contribution in [0.1, 0.15) is 23.2 Å². The number of hydrogen-bond acceptors (Lipinski definition) is 2. The smallest absolute Gasteiger partial charge is 0.250 e. The molecule has 0 spiro atoms. The Labute approximate surface area is 97.4 Å². The van der Waals surface area contributed by atoms with Crippen LogP contribution in [0.4, 0.5) is 5.69 Å². The van der Waals surface area contributed by atoms with Gasteiger partial charge in [-0.25, -0.2) is 0 Å². The summed E-state index contributed by atoms with van der Waals surface area (Å²) < 4.78 is 0.888. The highest BCUT2D eigenvalue weighted by molar-refractivity contribution is 9.10. The summed E-state index contributed by atoms with van der Waals surface area (Å²) >= 11 is 3.35. The summed E-state index contributed by atoms with van der Waals surface area (Å²) in [5.41, 5.74) is 6.93. The molecule has 0 bridgehead atoms. The van der Waals surface area contributed by atoms with Crippen LogP contribution >= 0.6 is 15.9 Å². The lowest BCUT2D eigenvalue weighted by Crippen LogP contribution is -2.23. The van der Waals surface area contributed by atoms with E-state index in [-0.39, 0.29) is 5.91 Å². The zero-order valence-electron chi connectivity index (χ0n) is 8.37. The van der Waals surface area contributed by atoms with Gasteiger partial charge in [-0.2, -0.15) is 0 Å². The number of benzene rings is 1. The van der Waals surface area contributed by atoms with Gasteiger partial charge in [0.25, 0.3) is 5.91 Å². The van der Waals surface area contributed by atoms with Crippen LogP contribution in [0.5, 0.6) is 0 Å². The Morgan fingerprint density at radius 3 is 2.60 bits per heavy atom. The van der Waals surface area contributed by atoms with Crippen molar-refractivity contribution in [3.63, 3.8) is 0 Å². The Bertz CT molecular complexity index is 386. The molecule has 1 aromatic carbocycles. The molecule has 1 aromatic rings. The van der Waals surface area contributed by atoms with Gasteiger partial charge < -0.3 is 10.6 Å². The summed E-state index contributed by atoms with van der Waals surface area (Å²) in [5, 5.41) is 0. The third kappa shape index (κ3) is 2.15. The maximum Gasteiger partial charge on any atom is 0.250 e. The molecule has 2 N–H and O–H groups in total. The molecular formula is C11H13BrN2O. The van der Waals surface area contributed by atoms with Crippen LogP contribution in [0.25, 0.3) is 0 Å². The number of carbonyl (C=O) groups excluding carboxylic acids is 1. The van der Waals surface area contributed by atoms with Crippen molar-refractivity contribution in [1.29, 1.82) is 0 Å². The van der Waals surface area contributed by atoms with E-state index < -0.39 is 0 Å². The summed E-state index contributed by atoms with van der Waals surface area (Å²) in [7, 11) is 0. The second-order valence-corrected chi connectivity index (χ2v) is 4.64. The SMILES string of the molecule is NC(=O)c1cc(Br)ccc1N1CCCC1. The number of carbonyl (C=O) groups is 1. The zero-order valence-corrected chi connectivity index (χ0v) is 9.96. The normalized spacial score (nSPS) is 15.7. The zero-order chi connectivity index (χ0) is 10.8. The van der Waals surface area contributed by atoms with Crippen molar-refractivity contribution < 1.29 is 4.79 Å². The highest BCUT2D eigenvalue weighted by Gasteiger charge is 2.18. The molecule has 80 valence electrons. The Morgan fingerprint density at radius 2 is 2.00 bits per heavy atom. The number of amides is 1. The van der Waals surface area contributed by atoms with E-state index in [0.717, 1.165) is 23.2 Å². The lowest BCUT2D eigenvalue weighted by molar-refractivity contribution is 0.100. The van der Waals surface area contributed by atoms with Crippen molar-refractivity contribution in [2.45, 2.75) is 12.8 Å². The number of nitrogens with zero attached hydrogens (tertiary/aromatic N) is 1. The average molecular weight is 269 g/mol. The minimum absolute atomic E-state index is 0.363. The molecule has 0 atom stereocenters. The highest BCUT2D eigenvalue weighted by Crippen LogP contribution is 2.27. The predicted molar refractivity (Wildman–Crippen MR) is 64.1 cm³/mol. The van der Waals surface area contributed by atoms with E-state index in [4.69, 9.17) is 5.73 Å². The van der Waals surface area contributed by atoms with Gasteiger partial charge in [-0.05, 0) is 31.0 Å². The van der Waals surface area contributed by atoms with E-state index in [9.17, 15) is 4.79 Å². The van der Waals surface area contributed by atoms with Gasteiger partial charge in [-0.1, -0.05) is 15.9 Å². The quantitative estimate of drug-likeness (QED) is 0.894. The summed E-state index contributed by atoms with van der Waals surface area (Å²) in [4.78, 5) is 13.5. The topological polar surface area (TPSA) is 46.3 Å². The summed E-state index contributed by atoms with van der Waals surface area (Å²) in [6, 6.07) is 5.69. The highest BCUT2D eigenvalue weighted by atomic mass is 79.9. The molecule has 1 amide bonds. The maximum absolute atomic E-state index is 11.3. The number of halogens is 1. The van der Waals surface area contributed by atoms with E-state index in [1.165, 1.54) is 12.8 Å². The number of nitrogens with two attached hydrogens (primary N) is 1. The van der Waals surface area contributed by atoms with Gasteiger partial charge in [0.1, 0.15) is 0 Å². The van der Waals surface area contributed by atoms with Crippen LogP contribution in [-0.2, 0) is 0 Å². The van der Waals surface area contributed by atoms with Gasteiger partial charge in [0.05, 0.1) is 5.56 Å². The fourth-order valence-electron chi connectivity index (χ4n) is 1.94. The van der Waals surface area contributed by atoms with Gasteiger partial charge in [-0.3, -0.25) is 4.79 Å². The molecule has 0 saturated carbocycles. The van der Waals surface area contributed by atoms with Crippen molar-refractivity contribution in [3.05, 3.63) is 28.2 Å². The van der Waals surface area contributed by atoms with Gasteiger partial charge in [0.2, 0.25) is 0 Å². The Hall–Kier alpha value is -1.03. The second kappa shape index (κ2) is 4.23. The summed E-state index contributed by atoms with van der Waals surface area (Å²) in [5.74, 6) is -0.363. The van der Waals surface area contributed by atoms with Crippen LogP contribution < -0.4 is 10.6 Å². The molecule has 15 heavy (non-hydrogen) atoms. The van der Waals surface area contributed by atoms with Crippen molar-refractivity contribution >= 4 is 27.5 Å². The molecule has 1 aliphatic heterocycles. The standard InChI is InChI=1S/C11H13BrN2O/c12-8-3-4-10(9(7-8)11(13)15)14-5-1-2-6-14/h3-4,7H,1-2,5-6H2,(H2,13,15). The van der Waals surface area contributed by atoms with E-state index in [1.54, 1.807) is 6.07 Å². The first-order chi connectivity index (χ1) is 7.18. The monoisotopic (exact) mass is 268 g/mol. The molecule has 0 radical (unpaired) electrons. The molecular weight excluding hydrogens is 256 g/mol. The first-order valence-electron chi connectivity index (χ1n) is 5.03. The number of rotatable bonds is 2. The minimum atomic E-state index is -0.363. The predicted octanol–water partition coefficient (Wildman–Crippen LogP) is 2.15.